The molecule has 3 nitrogen and oxygen atoms in total. The lowest BCUT2D eigenvalue weighted by molar-refractivity contribution is -0.122. The van der Waals surface area contributed by atoms with Crippen LogP contribution in [0.3, 0.4) is 0 Å². The number of hydrogen-bond donors (Lipinski definition) is 1. The molecule has 4 heteroatoms. The molecule has 0 aromatic heterocycles. The fourth-order valence-corrected chi connectivity index (χ4v) is 3.94. The maximum atomic E-state index is 13.3. The Morgan fingerprint density at radius 3 is 2.38 bits per heavy atom. The zero-order valence-electron chi connectivity index (χ0n) is 15.4. The summed E-state index contributed by atoms with van der Waals surface area (Å²) in [4.78, 5) is 14.4. The van der Waals surface area contributed by atoms with Crippen molar-refractivity contribution >= 4 is 5.91 Å². The van der Waals surface area contributed by atoms with Gasteiger partial charge in [-0.3, -0.25) is 9.69 Å². The van der Waals surface area contributed by atoms with Crippen molar-refractivity contribution in [2.45, 2.75) is 37.6 Å². The highest BCUT2D eigenvalue weighted by Gasteiger charge is 2.35. The maximum Gasteiger partial charge on any atom is 0.234 e. The minimum Gasteiger partial charge on any atom is -0.354 e. The normalized spacial score (nSPS) is 16.0. The van der Waals surface area contributed by atoms with Gasteiger partial charge in [0.1, 0.15) is 5.82 Å². The first kappa shape index (κ1) is 18.6. The number of carbonyl (C=O) groups is 1. The van der Waals surface area contributed by atoms with E-state index in [9.17, 15) is 9.18 Å². The molecule has 0 bridgehead atoms. The standard InChI is InChI=1S/C22H27FN2O/c1-25(15-18-7-3-2-4-8-18)16-21(26)24-17-22(13-5-6-14-22)19-9-11-20(23)12-10-19/h2-4,7-12H,5-6,13-17H2,1H3,(H,24,26). The molecular formula is C22H27FN2O. The lowest BCUT2D eigenvalue weighted by atomic mass is 9.79. The van der Waals surface area contributed by atoms with E-state index in [0.29, 0.717) is 13.1 Å². The van der Waals surface area contributed by atoms with Crippen molar-refractivity contribution in [2.24, 2.45) is 0 Å². The van der Waals surface area contributed by atoms with Crippen LogP contribution in [0.1, 0.15) is 36.8 Å². The van der Waals surface area contributed by atoms with E-state index >= 15 is 0 Å². The first-order chi connectivity index (χ1) is 12.6. The van der Waals surface area contributed by atoms with Crippen molar-refractivity contribution in [2.75, 3.05) is 20.1 Å². The second-order valence-corrected chi connectivity index (χ2v) is 7.43. The van der Waals surface area contributed by atoms with Gasteiger partial charge in [-0.1, -0.05) is 55.3 Å². The number of amides is 1. The number of hydrogen-bond acceptors (Lipinski definition) is 2. The zero-order valence-corrected chi connectivity index (χ0v) is 15.4. The summed E-state index contributed by atoms with van der Waals surface area (Å²) in [6, 6.07) is 16.9. The Kier molecular flexibility index (Phi) is 6.04. The van der Waals surface area contributed by atoms with Gasteiger partial charge in [-0.15, -0.1) is 0 Å². The van der Waals surface area contributed by atoms with E-state index in [-0.39, 0.29) is 17.1 Å². The van der Waals surface area contributed by atoms with Crippen molar-refractivity contribution < 1.29 is 9.18 Å². The van der Waals surface area contributed by atoms with E-state index in [1.54, 1.807) is 0 Å². The fourth-order valence-electron chi connectivity index (χ4n) is 3.94. The van der Waals surface area contributed by atoms with Crippen molar-refractivity contribution in [3.63, 3.8) is 0 Å². The van der Waals surface area contributed by atoms with Crippen LogP contribution in [0, 0.1) is 5.82 Å². The van der Waals surface area contributed by atoms with Crippen molar-refractivity contribution in [1.29, 1.82) is 0 Å². The Bertz CT molecular complexity index is 709. The Morgan fingerprint density at radius 2 is 1.73 bits per heavy atom. The topological polar surface area (TPSA) is 32.3 Å². The van der Waals surface area contributed by atoms with Gasteiger partial charge < -0.3 is 5.32 Å². The number of nitrogens with zero attached hydrogens (tertiary/aromatic N) is 1. The molecule has 1 saturated carbocycles. The smallest absolute Gasteiger partial charge is 0.234 e. The zero-order chi connectivity index (χ0) is 18.4. The number of rotatable bonds is 7. The third-order valence-electron chi connectivity index (χ3n) is 5.35. The molecule has 1 N–H and O–H groups in total. The van der Waals surface area contributed by atoms with Crippen molar-refractivity contribution in [3.05, 3.63) is 71.5 Å². The van der Waals surface area contributed by atoms with Crippen LogP contribution in [0.2, 0.25) is 0 Å². The first-order valence-electron chi connectivity index (χ1n) is 9.33. The summed E-state index contributed by atoms with van der Waals surface area (Å²) in [5.74, 6) is -0.176. The number of benzene rings is 2. The van der Waals surface area contributed by atoms with Gasteiger partial charge in [-0.05, 0) is 43.1 Å². The van der Waals surface area contributed by atoms with Crippen LogP contribution in [-0.4, -0.2) is 30.9 Å². The maximum absolute atomic E-state index is 13.3. The molecule has 1 aliphatic carbocycles. The Labute approximate surface area is 155 Å². The van der Waals surface area contributed by atoms with Crippen LogP contribution in [0.4, 0.5) is 4.39 Å². The third-order valence-corrected chi connectivity index (χ3v) is 5.35. The molecule has 0 atom stereocenters. The molecule has 2 aromatic rings. The molecule has 1 fully saturated rings. The highest BCUT2D eigenvalue weighted by Crippen LogP contribution is 2.40. The molecule has 1 aliphatic rings. The molecular weight excluding hydrogens is 327 g/mol. The van der Waals surface area contributed by atoms with E-state index < -0.39 is 0 Å². The Hall–Kier alpha value is -2.20. The fraction of sp³-hybridized carbons (Fsp3) is 0.409. The van der Waals surface area contributed by atoms with Gasteiger partial charge in [-0.2, -0.15) is 0 Å². The van der Waals surface area contributed by atoms with E-state index in [1.807, 2.05) is 42.3 Å². The number of carbonyl (C=O) groups excluding carboxylic acids is 1. The van der Waals surface area contributed by atoms with E-state index in [0.717, 1.165) is 37.8 Å². The summed E-state index contributed by atoms with van der Waals surface area (Å²) >= 11 is 0. The Balaban J connectivity index is 1.55. The summed E-state index contributed by atoms with van der Waals surface area (Å²) in [6.07, 6.45) is 4.39. The van der Waals surface area contributed by atoms with Crippen LogP contribution < -0.4 is 5.32 Å². The van der Waals surface area contributed by atoms with Crippen LogP contribution in [-0.2, 0) is 16.8 Å². The van der Waals surface area contributed by atoms with Crippen LogP contribution in [0.5, 0.6) is 0 Å². The number of halogens is 1. The summed E-state index contributed by atoms with van der Waals surface area (Å²) in [7, 11) is 1.96. The highest BCUT2D eigenvalue weighted by molar-refractivity contribution is 5.78. The molecule has 0 radical (unpaired) electrons. The number of likely N-dealkylation sites (N-methyl/N-ethyl adjacent to an activating group) is 1. The lowest BCUT2D eigenvalue weighted by Gasteiger charge is -2.30. The summed E-state index contributed by atoms with van der Waals surface area (Å²) in [5.41, 5.74) is 2.28. The summed E-state index contributed by atoms with van der Waals surface area (Å²) in [5, 5.41) is 3.12. The van der Waals surface area contributed by atoms with Crippen LogP contribution >= 0.6 is 0 Å². The van der Waals surface area contributed by atoms with Crippen LogP contribution in [0.25, 0.3) is 0 Å². The largest absolute Gasteiger partial charge is 0.354 e. The second kappa shape index (κ2) is 8.45. The average Bonchev–Trinajstić information content (AvgIpc) is 3.11. The SMILES string of the molecule is CN(CC(=O)NCC1(c2ccc(F)cc2)CCCC1)Cc1ccccc1. The molecule has 0 spiro atoms. The summed E-state index contributed by atoms with van der Waals surface area (Å²) < 4.78 is 13.3. The minimum atomic E-state index is -0.214. The third kappa shape index (κ3) is 4.70. The van der Waals surface area contributed by atoms with E-state index in [2.05, 4.69) is 17.4 Å². The molecule has 2 aromatic carbocycles. The van der Waals surface area contributed by atoms with E-state index in [1.165, 1.54) is 17.7 Å². The van der Waals surface area contributed by atoms with Gasteiger partial charge in [0, 0.05) is 18.5 Å². The van der Waals surface area contributed by atoms with Crippen molar-refractivity contribution in [1.82, 2.24) is 10.2 Å². The molecule has 138 valence electrons. The monoisotopic (exact) mass is 354 g/mol. The molecule has 0 aliphatic heterocycles. The molecule has 3 rings (SSSR count). The average molecular weight is 354 g/mol. The van der Waals surface area contributed by atoms with Crippen LogP contribution in [0.15, 0.2) is 54.6 Å². The number of nitrogens with one attached hydrogen (secondary N) is 1. The lowest BCUT2D eigenvalue weighted by Crippen LogP contribution is -2.42. The van der Waals surface area contributed by atoms with Gasteiger partial charge >= 0.3 is 0 Å². The first-order valence-corrected chi connectivity index (χ1v) is 9.33. The van der Waals surface area contributed by atoms with Gasteiger partial charge in [0.05, 0.1) is 6.54 Å². The Morgan fingerprint density at radius 1 is 1.08 bits per heavy atom. The highest BCUT2D eigenvalue weighted by atomic mass is 19.1. The predicted molar refractivity (Wildman–Crippen MR) is 102 cm³/mol. The van der Waals surface area contributed by atoms with Gasteiger partial charge in [-0.25, -0.2) is 4.39 Å². The molecule has 0 unspecified atom stereocenters. The molecule has 0 heterocycles. The molecule has 0 saturated heterocycles. The molecule has 26 heavy (non-hydrogen) atoms. The predicted octanol–water partition coefficient (Wildman–Crippen LogP) is 3.89. The second-order valence-electron chi connectivity index (χ2n) is 7.43. The molecule has 1 amide bonds. The quantitative estimate of drug-likeness (QED) is 0.818. The van der Waals surface area contributed by atoms with E-state index in [4.69, 9.17) is 0 Å². The van der Waals surface area contributed by atoms with Gasteiger partial charge in [0.25, 0.3) is 0 Å². The summed E-state index contributed by atoms with van der Waals surface area (Å²) in [6.45, 7) is 1.74. The van der Waals surface area contributed by atoms with Gasteiger partial charge in [0.15, 0.2) is 0 Å². The van der Waals surface area contributed by atoms with Gasteiger partial charge in [0.2, 0.25) is 5.91 Å². The van der Waals surface area contributed by atoms with Crippen molar-refractivity contribution in [3.8, 4) is 0 Å². The minimum absolute atomic E-state index is 0.0387.